The molecule has 150 valence electrons. The zero-order valence-corrected chi connectivity index (χ0v) is 16.4. The van der Waals surface area contributed by atoms with Crippen LogP contribution in [0.2, 0.25) is 0 Å². The second-order valence-electron chi connectivity index (χ2n) is 6.73. The van der Waals surface area contributed by atoms with Crippen molar-refractivity contribution in [2.75, 3.05) is 17.0 Å². The molecule has 0 unspecified atom stereocenters. The summed E-state index contributed by atoms with van der Waals surface area (Å²) in [6.07, 6.45) is 0.383. The largest absolute Gasteiger partial charge is 0.454 e. The van der Waals surface area contributed by atoms with Gasteiger partial charge in [-0.15, -0.1) is 11.3 Å². The molecule has 0 radical (unpaired) electrons. The molecule has 2 aromatic carbocycles. The van der Waals surface area contributed by atoms with Gasteiger partial charge in [0, 0.05) is 29.3 Å². The van der Waals surface area contributed by atoms with Crippen molar-refractivity contribution in [1.29, 1.82) is 0 Å². The molecule has 3 aromatic rings. The highest BCUT2D eigenvalue weighted by molar-refractivity contribution is 7.14. The molecule has 0 aliphatic carbocycles. The van der Waals surface area contributed by atoms with Crippen LogP contribution in [-0.2, 0) is 9.59 Å². The Kier molecular flexibility index (Phi) is 4.44. The first-order valence-electron chi connectivity index (χ1n) is 9.21. The van der Waals surface area contributed by atoms with Crippen LogP contribution in [-0.4, -0.2) is 29.5 Å². The summed E-state index contributed by atoms with van der Waals surface area (Å²) in [6, 6.07) is 12.0. The molecular formula is C21H15N3O5S. The fourth-order valence-electron chi connectivity index (χ4n) is 3.34. The number of anilines is 2. The predicted octanol–water partition coefficient (Wildman–Crippen LogP) is 3.44. The molecule has 30 heavy (non-hydrogen) atoms. The van der Waals surface area contributed by atoms with Crippen LogP contribution in [0, 0.1) is 0 Å². The molecule has 1 saturated heterocycles. The summed E-state index contributed by atoms with van der Waals surface area (Å²) in [4.78, 5) is 42.2. The highest BCUT2D eigenvalue weighted by Crippen LogP contribution is 2.36. The predicted molar refractivity (Wildman–Crippen MR) is 110 cm³/mol. The van der Waals surface area contributed by atoms with Gasteiger partial charge in [-0.2, -0.15) is 0 Å². The van der Waals surface area contributed by atoms with E-state index in [0.29, 0.717) is 33.6 Å². The summed E-state index contributed by atoms with van der Waals surface area (Å²) >= 11 is 1.30. The van der Waals surface area contributed by atoms with E-state index in [9.17, 15) is 14.4 Å². The summed E-state index contributed by atoms with van der Waals surface area (Å²) in [6.45, 7) is 0.199. The third kappa shape index (κ3) is 3.29. The number of thiazole rings is 1. The Bertz CT molecular complexity index is 1170. The van der Waals surface area contributed by atoms with Gasteiger partial charge in [0.25, 0.3) is 5.91 Å². The summed E-state index contributed by atoms with van der Waals surface area (Å²) in [7, 11) is 0. The quantitative estimate of drug-likeness (QED) is 0.648. The van der Waals surface area contributed by atoms with Crippen molar-refractivity contribution in [2.24, 2.45) is 0 Å². The standard InChI is InChI=1S/C21H15N3O5S/c25-18-6-7-19(26)24(18)14-3-1-2-13(8-14)20(27)23-21-22-15(10-30-21)12-4-5-16-17(9-12)29-11-28-16/h1-5,8-10H,6-7,11H2,(H,22,23,27). The molecule has 9 heteroatoms. The first-order valence-corrected chi connectivity index (χ1v) is 10.1. The van der Waals surface area contributed by atoms with E-state index in [2.05, 4.69) is 10.3 Å². The first kappa shape index (κ1) is 18.3. The SMILES string of the molecule is O=C(Nc1nc(-c2ccc3c(c2)OCO3)cs1)c1cccc(N2C(=O)CCC2=O)c1. The molecule has 1 N–H and O–H groups in total. The Labute approximate surface area is 175 Å². The lowest BCUT2D eigenvalue weighted by atomic mass is 10.1. The van der Waals surface area contributed by atoms with Gasteiger partial charge in [-0.1, -0.05) is 6.07 Å². The molecule has 5 rings (SSSR count). The molecule has 0 atom stereocenters. The van der Waals surface area contributed by atoms with Gasteiger partial charge in [0.1, 0.15) is 0 Å². The number of aromatic nitrogens is 1. The lowest BCUT2D eigenvalue weighted by Gasteiger charge is -2.14. The van der Waals surface area contributed by atoms with Crippen LogP contribution < -0.4 is 19.7 Å². The van der Waals surface area contributed by atoms with Crippen molar-refractivity contribution in [3.05, 3.63) is 53.4 Å². The molecular weight excluding hydrogens is 406 g/mol. The number of fused-ring (bicyclic) bond motifs is 1. The molecule has 0 bridgehead atoms. The van der Waals surface area contributed by atoms with E-state index in [1.807, 2.05) is 23.6 Å². The second kappa shape index (κ2) is 7.27. The van der Waals surface area contributed by atoms with Crippen LogP contribution in [0.4, 0.5) is 10.8 Å². The molecule has 1 aromatic heterocycles. The van der Waals surface area contributed by atoms with Crippen molar-refractivity contribution in [3.8, 4) is 22.8 Å². The van der Waals surface area contributed by atoms with Gasteiger partial charge in [-0.3, -0.25) is 24.6 Å². The molecule has 0 saturated carbocycles. The van der Waals surface area contributed by atoms with Crippen LogP contribution in [0.3, 0.4) is 0 Å². The second-order valence-corrected chi connectivity index (χ2v) is 7.59. The van der Waals surface area contributed by atoms with E-state index >= 15 is 0 Å². The van der Waals surface area contributed by atoms with Crippen LogP contribution >= 0.6 is 11.3 Å². The Hall–Kier alpha value is -3.72. The monoisotopic (exact) mass is 421 g/mol. The topological polar surface area (TPSA) is 97.8 Å². The van der Waals surface area contributed by atoms with Crippen LogP contribution in [0.15, 0.2) is 47.8 Å². The van der Waals surface area contributed by atoms with Gasteiger partial charge in [-0.25, -0.2) is 4.98 Å². The lowest BCUT2D eigenvalue weighted by Crippen LogP contribution is -2.28. The zero-order valence-electron chi connectivity index (χ0n) is 15.6. The minimum absolute atomic E-state index is 0.191. The summed E-state index contributed by atoms with van der Waals surface area (Å²) in [5.41, 5.74) is 2.29. The number of nitrogens with one attached hydrogen (secondary N) is 1. The first-order chi connectivity index (χ1) is 14.6. The highest BCUT2D eigenvalue weighted by atomic mass is 32.1. The number of benzene rings is 2. The molecule has 2 aliphatic heterocycles. The average Bonchev–Trinajstić information content (AvgIpc) is 3.48. The van der Waals surface area contributed by atoms with Crippen LogP contribution in [0.1, 0.15) is 23.2 Å². The fourth-order valence-corrected chi connectivity index (χ4v) is 4.05. The number of nitrogens with zero attached hydrogens (tertiary/aromatic N) is 2. The van der Waals surface area contributed by atoms with Crippen molar-refractivity contribution in [1.82, 2.24) is 4.98 Å². The van der Waals surface area contributed by atoms with Crippen molar-refractivity contribution in [3.63, 3.8) is 0 Å². The fraction of sp³-hybridized carbons (Fsp3) is 0.143. The molecule has 3 heterocycles. The Balaban J connectivity index is 1.33. The van der Waals surface area contributed by atoms with Gasteiger partial charge in [0.05, 0.1) is 11.4 Å². The molecule has 2 aliphatic rings. The van der Waals surface area contributed by atoms with Gasteiger partial charge < -0.3 is 9.47 Å². The number of hydrogen-bond acceptors (Lipinski definition) is 7. The van der Waals surface area contributed by atoms with Crippen molar-refractivity contribution >= 4 is 39.9 Å². The summed E-state index contributed by atoms with van der Waals surface area (Å²) in [5.74, 6) is 0.463. The van der Waals surface area contributed by atoms with E-state index in [0.717, 1.165) is 10.5 Å². The van der Waals surface area contributed by atoms with Crippen LogP contribution in [0.25, 0.3) is 11.3 Å². The zero-order chi connectivity index (χ0) is 20.7. The van der Waals surface area contributed by atoms with E-state index in [1.54, 1.807) is 18.2 Å². The van der Waals surface area contributed by atoms with E-state index in [4.69, 9.17) is 9.47 Å². The Morgan fingerprint density at radius 1 is 1.03 bits per heavy atom. The normalized spacial score (nSPS) is 15.0. The van der Waals surface area contributed by atoms with Gasteiger partial charge in [0.2, 0.25) is 18.6 Å². The molecule has 1 fully saturated rings. The maximum Gasteiger partial charge on any atom is 0.257 e. The number of carbonyl (C=O) groups excluding carboxylic acids is 3. The van der Waals surface area contributed by atoms with Crippen molar-refractivity contribution < 1.29 is 23.9 Å². The molecule has 3 amide bonds. The van der Waals surface area contributed by atoms with Gasteiger partial charge in [0.15, 0.2) is 16.6 Å². The Morgan fingerprint density at radius 2 is 1.83 bits per heavy atom. The maximum atomic E-state index is 12.7. The lowest BCUT2D eigenvalue weighted by molar-refractivity contribution is -0.121. The van der Waals surface area contributed by atoms with E-state index < -0.39 is 0 Å². The van der Waals surface area contributed by atoms with E-state index in [-0.39, 0.29) is 37.4 Å². The number of imide groups is 1. The summed E-state index contributed by atoms with van der Waals surface area (Å²) in [5, 5.41) is 5.04. The smallest absolute Gasteiger partial charge is 0.257 e. The van der Waals surface area contributed by atoms with E-state index in [1.165, 1.54) is 17.4 Å². The maximum absolute atomic E-state index is 12.7. The minimum Gasteiger partial charge on any atom is -0.454 e. The third-order valence-corrected chi connectivity index (χ3v) is 5.57. The van der Waals surface area contributed by atoms with Crippen LogP contribution in [0.5, 0.6) is 11.5 Å². The number of hydrogen-bond donors (Lipinski definition) is 1. The minimum atomic E-state index is -0.373. The van der Waals surface area contributed by atoms with Crippen molar-refractivity contribution in [2.45, 2.75) is 12.8 Å². The van der Waals surface area contributed by atoms with Gasteiger partial charge in [-0.05, 0) is 36.4 Å². The molecule has 0 spiro atoms. The number of rotatable bonds is 4. The Morgan fingerprint density at radius 3 is 2.67 bits per heavy atom. The number of amides is 3. The average molecular weight is 421 g/mol. The number of carbonyl (C=O) groups is 3. The highest BCUT2D eigenvalue weighted by Gasteiger charge is 2.30. The van der Waals surface area contributed by atoms with Gasteiger partial charge >= 0.3 is 0 Å². The molecule has 8 nitrogen and oxygen atoms in total. The summed E-state index contributed by atoms with van der Waals surface area (Å²) < 4.78 is 10.7. The number of ether oxygens (including phenoxy) is 2. The third-order valence-electron chi connectivity index (χ3n) is 4.81.